The van der Waals surface area contributed by atoms with Gasteiger partial charge in [0.25, 0.3) is 0 Å². The number of hydrogen-bond donors (Lipinski definition) is 2. The molecule has 3 rings (SSSR count). The van der Waals surface area contributed by atoms with Crippen LogP contribution in [0.15, 0.2) is 53.0 Å². The van der Waals surface area contributed by atoms with Gasteiger partial charge in [0.2, 0.25) is 5.95 Å². The first-order valence-corrected chi connectivity index (χ1v) is 8.52. The lowest BCUT2D eigenvalue weighted by Gasteiger charge is -2.12. The van der Waals surface area contributed by atoms with E-state index in [1.54, 1.807) is 0 Å². The number of para-hydroxylation sites is 1. The van der Waals surface area contributed by atoms with Crippen LogP contribution in [-0.4, -0.2) is 9.97 Å². The first kappa shape index (κ1) is 16.5. The Hall–Kier alpha value is -2.40. The Balaban J connectivity index is 1.87. The number of nitrogens with one attached hydrogen (secondary N) is 2. The summed E-state index contributed by atoms with van der Waals surface area (Å²) in [7, 11) is 0. The van der Waals surface area contributed by atoms with Crippen molar-refractivity contribution in [1.29, 1.82) is 0 Å². The highest BCUT2D eigenvalue weighted by Crippen LogP contribution is 2.26. The number of halogens is 1. The zero-order valence-corrected chi connectivity index (χ0v) is 15.5. The summed E-state index contributed by atoms with van der Waals surface area (Å²) < 4.78 is 0.971. The fourth-order valence-corrected chi connectivity index (χ4v) is 2.85. The molecule has 0 saturated heterocycles. The molecule has 0 bridgehead atoms. The van der Waals surface area contributed by atoms with E-state index in [9.17, 15) is 0 Å². The van der Waals surface area contributed by atoms with Crippen LogP contribution in [0, 0.1) is 20.8 Å². The fourth-order valence-electron chi connectivity index (χ4n) is 2.46. The standard InChI is InChI=1S/C19H19BrN4/c1-12-8-9-16(13(2)10-12)22-18-11-14(3)21-19(24-18)23-17-7-5-4-6-15(17)20/h4-11H,1-3H3,(H2,21,22,23,24). The number of nitrogens with zero attached hydrogens (tertiary/aromatic N) is 2. The van der Waals surface area contributed by atoms with E-state index in [1.165, 1.54) is 11.1 Å². The Morgan fingerprint density at radius 1 is 0.833 bits per heavy atom. The van der Waals surface area contributed by atoms with Gasteiger partial charge in [0.05, 0.1) is 5.69 Å². The predicted octanol–water partition coefficient (Wildman–Crippen LogP) is 5.65. The molecule has 0 atom stereocenters. The van der Waals surface area contributed by atoms with Crippen LogP contribution < -0.4 is 10.6 Å². The van der Waals surface area contributed by atoms with Crippen LogP contribution in [0.3, 0.4) is 0 Å². The van der Waals surface area contributed by atoms with E-state index >= 15 is 0 Å². The molecule has 1 aromatic heterocycles. The highest BCUT2D eigenvalue weighted by Gasteiger charge is 2.06. The summed E-state index contributed by atoms with van der Waals surface area (Å²) >= 11 is 3.53. The molecule has 4 nitrogen and oxygen atoms in total. The molecule has 2 N–H and O–H groups in total. The second kappa shape index (κ2) is 7.01. The fraction of sp³-hybridized carbons (Fsp3) is 0.158. The molecule has 1 heterocycles. The van der Waals surface area contributed by atoms with Crippen molar-refractivity contribution >= 4 is 39.1 Å². The third kappa shape index (κ3) is 3.92. The molecule has 0 aliphatic rings. The number of rotatable bonds is 4. The Labute approximate surface area is 150 Å². The van der Waals surface area contributed by atoms with Crippen LogP contribution >= 0.6 is 15.9 Å². The zero-order chi connectivity index (χ0) is 17.1. The summed E-state index contributed by atoms with van der Waals surface area (Å²) in [6.07, 6.45) is 0. The first-order valence-electron chi connectivity index (χ1n) is 7.73. The van der Waals surface area contributed by atoms with Crippen LogP contribution in [0.5, 0.6) is 0 Å². The SMILES string of the molecule is Cc1ccc(Nc2cc(C)nc(Nc3ccccc3Br)n2)c(C)c1. The summed E-state index contributed by atoms with van der Waals surface area (Å²) in [6.45, 7) is 6.13. The Morgan fingerprint density at radius 3 is 2.38 bits per heavy atom. The Kier molecular flexibility index (Phi) is 4.81. The van der Waals surface area contributed by atoms with Crippen LogP contribution in [0.1, 0.15) is 16.8 Å². The molecule has 5 heteroatoms. The van der Waals surface area contributed by atoms with Gasteiger partial charge in [-0.1, -0.05) is 29.8 Å². The summed E-state index contributed by atoms with van der Waals surface area (Å²) in [6, 6.07) is 16.1. The lowest BCUT2D eigenvalue weighted by Crippen LogP contribution is -2.03. The van der Waals surface area contributed by atoms with Gasteiger partial charge in [0.15, 0.2) is 0 Å². The van der Waals surface area contributed by atoms with E-state index in [-0.39, 0.29) is 0 Å². The van der Waals surface area contributed by atoms with Crippen molar-refractivity contribution in [3.63, 3.8) is 0 Å². The molecule has 0 amide bonds. The summed E-state index contributed by atoms with van der Waals surface area (Å²) in [5.41, 5.74) is 5.30. The van der Waals surface area contributed by atoms with Gasteiger partial charge in [-0.3, -0.25) is 0 Å². The average Bonchev–Trinajstić information content (AvgIpc) is 2.52. The van der Waals surface area contributed by atoms with Gasteiger partial charge in [0, 0.05) is 21.9 Å². The number of benzene rings is 2. The van der Waals surface area contributed by atoms with Crippen molar-refractivity contribution in [3.8, 4) is 0 Å². The van der Waals surface area contributed by atoms with Crippen molar-refractivity contribution in [2.75, 3.05) is 10.6 Å². The minimum atomic E-state index is 0.564. The van der Waals surface area contributed by atoms with Crippen molar-refractivity contribution < 1.29 is 0 Å². The third-order valence-electron chi connectivity index (χ3n) is 3.62. The van der Waals surface area contributed by atoms with Gasteiger partial charge in [-0.15, -0.1) is 0 Å². The lowest BCUT2D eigenvalue weighted by molar-refractivity contribution is 1.11. The van der Waals surface area contributed by atoms with Crippen LogP contribution in [-0.2, 0) is 0 Å². The first-order chi connectivity index (χ1) is 11.5. The number of hydrogen-bond acceptors (Lipinski definition) is 4. The molecule has 0 fully saturated rings. The second-order valence-electron chi connectivity index (χ2n) is 5.77. The monoisotopic (exact) mass is 382 g/mol. The topological polar surface area (TPSA) is 49.8 Å². The van der Waals surface area contributed by atoms with Gasteiger partial charge < -0.3 is 10.6 Å². The van der Waals surface area contributed by atoms with Crippen molar-refractivity contribution in [1.82, 2.24) is 9.97 Å². The number of aryl methyl sites for hydroxylation is 3. The smallest absolute Gasteiger partial charge is 0.229 e. The molecule has 122 valence electrons. The summed E-state index contributed by atoms with van der Waals surface area (Å²) in [5.74, 6) is 1.33. The van der Waals surface area contributed by atoms with Crippen molar-refractivity contribution in [3.05, 3.63) is 69.8 Å². The average molecular weight is 383 g/mol. The van der Waals surface area contributed by atoms with Gasteiger partial charge in [-0.25, -0.2) is 4.98 Å². The largest absolute Gasteiger partial charge is 0.340 e. The van der Waals surface area contributed by atoms with E-state index in [1.807, 2.05) is 37.3 Å². The second-order valence-corrected chi connectivity index (χ2v) is 6.62. The molecule has 0 radical (unpaired) electrons. The molecule has 0 aliphatic carbocycles. The molecular formula is C19H19BrN4. The van der Waals surface area contributed by atoms with Gasteiger partial charge in [-0.05, 0) is 60.5 Å². The van der Waals surface area contributed by atoms with E-state index in [2.05, 4.69) is 68.6 Å². The third-order valence-corrected chi connectivity index (χ3v) is 4.31. The Morgan fingerprint density at radius 2 is 1.62 bits per heavy atom. The molecule has 0 saturated carbocycles. The van der Waals surface area contributed by atoms with E-state index < -0.39 is 0 Å². The number of anilines is 4. The maximum Gasteiger partial charge on any atom is 0.229 e. The van der Waals surface area contributed by atoms with E-state index in [4.69, 9.17) is 0 Å². The van der Waals surface area contributed by atoms with Gasteiger partial charge in [0.1, 0.15) is 5.82 Å². The normalized spacial score (nSPS) is 10.5. The molecule has 2 aromatic carbocycles. The lowest BCUT2D eigenvalue weighted by atomic mass is 10.1. The molecule has 0 unspecified atom stereocenters. The quantitative estimate of drug-likeness (QED) is 0.611. The highest BCUT2D eigenvalue weighted by atomic mass is 79.9. The molecule has 24 heavy (non-hydrogen) atoms. The molecule has 0 spiro atoms. The maximum atomic E-state index is 4.57. The zero-order valence-electron chi connectivity index (χ0n) is 13.9. The molecule has 0 aliphatic heterocycles. The van der Waals surface area contributed by atoms with Crippen LogP contribution in [0.25, 0.3) is 0 Å². The van der Waals surface area contributed by atoms with Crippen molar-refractivity contribution in [2.45, 2.75) is 20.8 Å². The number of aromatic nitrogens is 2. The minimum Gasteiger partial charge on any atom is -0.340 e. The van der Waals surface area contributed by atoms with E-state index in [0.717, 1.165) is 27.4 Å². The molecule has 3 aromatic rings. The molecular weight excluding hydrogens is 364 g/mol. The Bertz CT molecular complexity index is 877. The van der Waals surface area contributed by atoms with Crippen LogP contribution in [0.4, 0.5) is 23.1 Å². The van der Waals surface area contributed by atoms with Crippen molar-refractivity contribution in [2.24, 2.45) is 0 Å². The minimum absolute atomic E-state index is 0.564. The maximum absolute atomic E-state index is 4.57. The summed E-state index contributed by atoms with van der Waals surface area (Å²) in [5, 5.41) is 6.63. The van der Waals surface area contributed by atoms with Crippen LogP contribution in [0.2, 0.25) is 0 Å². The van der Waals surface area contributed by atoms with Gasteiger partial charge >= 0.3 is 0 Å². The highest BCUT2D eigenvalue weighted by molar-refractivity contribution is 9.10. The van der Waals surface area contributed by atoms with Gasteiger partial charge in [-0.2, -0.15) is 4.98 Å². The summed E-state index contributed by atoms with van der Waals surface area (Å²) in [4.78, 5) is 9.04. The predicted molar refractivity (Wildman–Crippen MR) is 103 cm³/mol. The van der Waals surface area contributed by atoms with E-state index in [0.29, 0.717) is 5.95 Å².